The van der Waals surface area contributed by atoms with Crippen molar-refractivity contribution in [2.24, 2.45) is 0 Å². The molecule has 0 aliphatic heterocycles. The SMILES string of the molecule is CCCCOc1ccc(C(=O)OC)cc1CC=O. The number of ether oxygens (including phenoxy) is 2. The van der Waals surface area contributed by atoms with Gasteiger partial charge < -0.3 is 14.3 Å². The second-order valence-corrected chi connectivity index (χ2v) is 3.89. The molecule has 0 N–H and O–H groups in total. The Labute approximate surface area is 107 Å². The van der Waals surface area contributed by atoms with Crippen LogP contribution in [-0.4, -0.2) is 26.0 Å². The lowest BCUT2D eigenvalue weighted by Crippen LogP contribution is -2.05. The number of unbranched alkanes of at least 4 members (excludes halogenated alkanes) is 1. The molecule has 1 aromatic rings. The van der Waals surface area contributed by atoms with E-state index in [0.717, 1.165) is 19.1 Å². The van der Waals surface area contributed by atoms with E-state index in [2.05, 4.69) is 11.7 Å². The summed E-state index contributed by atoms with van der Waals surface area (Å²) in [5.74, 6) is 0.241. The van der Waals surface area contributed by atoms with Crippen LogP contribution in [0, 0.1) is 0 Å². The highest BCUT2D eigenvalue weighted by atomic mass is 16.5. The van der Waals surface area contributed by atoms with Crippen LogP contribution < -0.4 is 4.74 Å². The molecule has 0 spiro atoms. The Morgan fingerprint density at radius 2 is 2.17 bits per heavy atom. The number of rotatable bonds is 7. The van der Waals surface area contributed by atoms with Crippen LogP contribution in [0.4, 0.5) is 0 Å². The number of hydrogen-bond donors (Lipinski definition) is 0. The summed E-state index contributed by atoms with van der Waals surface area (Å²) in [6.45, 7) is 2.69. The van der Waals surface area contributed by atoms with Crippen molar-refractivity contribution >= 4 is 12.3 Å². The standard InChI is InChI=1S/C14H18O4/c1-3-4-9-18-13-6-5-12(14(16)17-2)10-11(13)7-8-15/h5-6,8,10H,3-4,7,9H2,1-2H3. The molecule has 0 unspecified atom stereocenters. The molecular weight excluding hydrogens is 232 g/mol. The predicted molar refractivity (Wildman–Crippen MR) is 68.0 cm³/mol. The number of aldehydes is 1. The zero-order valence-electron chi connectivity index (χ0n) is 10.8. The summed E-state index contributed by atoms with van der Waals surface area (Å²) in [5, 5.41) is 0. The molecule has 18 heavy (non-hydrogen) atoms. The van der Waals surface area contributed by atoms with Gasteiger partial charge in [-0.25, -0.2) is 4.79 Å². The number of esters is 1. The quantitative estimate of drug-likeness (QED) is 0.423. The number of carbonyl (C=O) groups is 2. The van der Waals surface area contributed by atoms with Gasteiger partial charge in [0.2, 0.25) is 0 Å². The molecule has 0 amide bonds. The van der Waals surface area contributed by atoms with Gasteiger partial charge >= 0.3 is 5.97 Å². The Bertz CT molecular complexity index is 412. The molecule has 4 heteroatoms. The third kappa shape index (κ3) is 3.87. The van der Waals surface area contributed by atoms with Gasteiger partial charge in [-0.05, 0) is 24.6 Å². The van der Waals surface area contributed by atoms with Crippen LogP contribution in [0.1, 0.15) is 35.7 Å². The normalized spacial score (nSPS) is 9.89. The highest BCUT2D eigenvalue weighted by Crippen LogP contribution is 2.21. The van der Waals surface area contributed by atoms with E-state index in [9.17, 15) is 9.59 Å². The van der Waals surface area contributed by atoms with Gasteiger partial charge in [-0.2, -0.15) is 0 Å². The number of carbonyl (C=O) groups excluding carboxylic acids is 2. The Hall–Kier alpha value is -1.84. The molecule has 0 aliphatic carbocycles. The van der Waals surface area contributed by atoms with Crippen molar-refractivity contribution in [2.45, 2.75) is 26.2 Å². The molecule has 0 saturated carbocycles. The summed E-state index contributed by atoms with van der Waals surface area (Å²) in [5.41, 5.74) is 1.14. The van der Waals surface area contributed by atoms with Gasteiger partial charge in [0.15, 0.2) is 0 Å². The zero-order valence-corrected chi connectivity index (χ0v) is 10.8. The van der Waals surface area contributed by atoms with Crippen LogP contribution in [0.5, 0.6) is 5.75 Å². The van der Waals surface area contributed by atoms with E-state index in [1.54, 1.807) is 18.2 Å². The summed E-state index contributed by atoms with van der Waals surface area (Å²) in [7, 11) is 1.33. The first-order chi connectivity index (χ1) is 8.72. The van der Waals surface area contributed by atoms with Crippen molar-refractivity contribution in [3.05, 3.63) is 29.3 Å². The second kappa shape index (κ2) is 7.48. The average Bonchev–Trinajstić information content (AvgIpc) is 2.40. The maximum absolute atomic E-state index is 11.4. The van der Waals surface area contributed by atoms with Crippen LogP contribution in [0.15, 0.2) is 18.2 Å². The second-order valence-electron chi connectivity index (χ2n) is 3.89. The van der Waals surface area contributed by atoms with Gasteiger partial charge in [0.25, 0.3) is 0 Å². The van der Waals surface area contributed by atoms with Crippen molar-refractivity contribution in [3.8, 4) is 5.75 Å². The minimum Gasteiger partial charge on any atom is -0.493 e. The van der Waals surface area contributed by atoms with Crippen LogP contribution in [0.2, 0.25) is 0 Å². The van der Waals surface area contributed by atoms with Gasteiger partial charge in [0.05, 0.1) is 19.3 Å². The summed E-state index contributed by atoms with van der Waals surface area (Å²) >= 11 is 0. The van der Waals surface area contributed by atoms with E-state index < -0.39 is 5.97 Å². The molecule has 0 heterocycles. The Kier molecular flexibility index (Phi) is 5.91. The van der Waals surface area contributed by atoms with Crippen molar-refractivity contribution in [3.63, 3.8) is 0 Å². The number of benzene rings is 1. The summed E-state index contributed by atoms with van der Waals surface area (Å²) in [6.07, 6.45) is 3.03. The number of methoxy groups -OCH3 is 1. The third-order valence-electron chi connectivity index (χ3n) is 2.54. The first-order valence-electron chi connectivity index (χ1n) is 6.00. The van der Waals surface area contributed by atoms with Crippen molar-refractivity contribution in [2.75, 3.05) is 13.7 Å². The molecule has 0 aliphatic rings. The highest BCUT2D eigenvalue weighted by Gasteiger charge is 2.10. The minimum atomic E-state index is -0.415. The molecule has 98 valence electrons. The fourth-order valence-electron chi connectivity index (χ4n) is 1.54. The molecule has 0 atom stereocenters. The van der Waals surface area contributed by atoms with E-state index in [-0.39, 0.29) is 6.42 Å². The Morgan fingerprint density at radius 3 is 2.78 bits per heavy atom. The highest BCUT2D eigenvalue weighted by molar-refractivity contribution is 5.90. The van der Waals surface area contributed by atoms with E-state index in [0.29, 0.717) is 23.5 Å². The van der Waals surface area contributed by atoms with Gasteiger partial charge in [-0.15, -0.1) is 0 Å². The van der Waals surface area contributed by atoms with Crippen molar-refractivity contribution in [1.82, 2.24) is 0 Å². The smallest absolute Gasteiger partial charge is 0.337 e. The van der Waals surface area contributed by atoms with Crippen molar-refractivity contribution in [1.29, 1.82) is 0 Å². The summed E-state index contributed by atoms with van der Waals surface area (Å²) in [4.78, 5) is 22.0. The summed E-state index contributed by atoms with van der Waals surface area (Å²) in [6, 6.07) is 4.99. The maximum Gasteiger partial charge on any atom is 0.337 e. The van der Waals surface area contributed by atoms with Crippen molar-refractivity contribution < 1.29 is 19.1 Å². The van der Waals surface area contributed by atoms with Crippen LogP contribution in [0.3, 0.4) is 0 Å². The topological polar surface area (TPSA) is 52.6 Å². The fraction of sp³-hybridized carbons (Fsp3) is 0.429. The first-order valence-corrected chi connectivity index (χ1v) is 6.00. The molecule has 0 bridgehead atoms. The van der Waals surface area contributed by atoms with Gasteiger partial charge in [-0.1, -0.05) is 13.3 Å². The van der Waals surface area contributed by atoms with Gasteiger partial charge in [-0.3, -0.25) is 0 Å². The van der Waals surface area contributed by atoms with Crippen LogP contribution in [-0.2, 0) is 16.0 Å². The molecule has 0 radical (unpaired) electrons. The molecule has 1 rings (SSSR count). The summed E-state index contributed by atoms with van der Waals surface area (Å²) < 4.78 is 10.2. The lowest BCUT2D eigenvalue weighted by atomic mass is 10.1. The molecule has 0 saturated heterocycles. The molecule has 0 fully saturated rings. The van der Waals surface area contributed by atoms with E-state index in [1.165, 1.54) is 7.11 Å². The zero-order chi connectivity index (χ0) is 13.4. The monoisotopic (exact) mass is 250 g/mol. The van der Waals surface area contributed by atoms with E-state index in [4.69, 9.17) is 4.74 Å². The Morgan fingerprint density at radius 1 is 1.39 bits per heavy atom. The first kappa shape index (κ1) is 14.2. The van der Waals surface area contributed by atoms with Gasteiger partial charge in [0, 0.05) is 12.0 Å². The number of hydrogen-bond acceptors (Lipinski definition) is 4. The van der Waals surface area contributed by atoms with Crippen LogP contribution in [0.25, 0.3) is 0 Å². The lowest BCUT2D eigenvalue weighted by molar-refractivity contribution is -0.107. The minimum absolute atomic E-state index is 0.228. The fourth-order valence-corrected chi connectivity index (χ4v) is 1.54. The lowest BCUT2D eigenvalue weighted by Gasteiger charge is -2.11. The largest absolute Gasteiger partial charge is 0.493 e. The molecular formula is C14H18O4. The van der Waals surface area contributed by atoms with E-state index >= 15 is 0 Å². The molecule has 0 aromatic heterocycles. The van der Waals surface area contributed by atoms with Crippen LogP contribution >= 0.6 is 0 Å². The van der Waals surface area contributed by atoms with E-state index in [1.807, 2.05) is 0 Å². The predicted octanol–water partition coefficient (Wildman–Crippen LogP) is 2.39. The maximum atomic E-state index is 11.4. The van der Waals surface area contributed by atoms with Gasteiger partial charge in [0.1, 0.15) is 12.0 Å². The molecule has 1 aromatic carbocycles. The Balaban J connectivity index is 2.89. The molecule has 4 nitrogen and oxygen atoms in total. The average molecular weight is 250 g/mol. The third-order valence-corrected chi connectivity index (χ3v) is 2.54.